The molecule has 0 spiro atoms. The highest BCUT2D eigenvalue weighted by atomic mass is 32.1. The average Bonchev–Trinajstić information content (AvgIpc) is 3.24. The van der Waals surface area contributed by atoms with Gasteiger partial charge in [0.2, 0.25) is 0 Å². The van der Waals surface area contributed by atoms with E-state index in [4.69, 9.17) is 4.98 Å². The number of rotatable bonds is 5. The van der Waals surface area contributed by atoms with E-state index in [1.165, 1.54) is 17.5 Å². The predicted octanol–water partition coefficient (Wildman–Crippen LogP) is 4.52. The molecule has 0 unspecified atom stereocenters. The van der Waals surface area contributed by atoms with Gasteiger partial charge in [-0.2, -0.15) is 0 Å². The molecule has 0 aromatic carbocycles. The van der Waals surface area contributed by atoms with Crippen molar-refractivity contribution in [3.63, 3.8) is 0 Å². The molecule has 1 aliphatic carbocycles. The van der Waals surface area contributed by atoms with Crippen LogP contribution >= 0.6 is 11.3 Å². The van der Waals surface area contributed by atoms with Gasteiger partial charge in [-0.15, -0.1) is 11.3 Å². The van der Waals surface area contributed by atoms with E-state index in [1.807, 2.05) is 6.20 Å². The van der Waals surface area contributed by atoms with E-state index < -0.39 is 6.10 Å². The highest BCUT2D eigenvalue weighted by Gasteiger charge is 2.28. The van der Waals surface area contributed by atoms with Crippen molar-refractivity contribution in [3.05, 3.63) is 23.5 Å². The minimum atomic E-state index is -0.579. The Hall–Kier alpha value is -1.79. The van der Waals surface area contributed by atoms with E-state index >= 15 is 0 Å². The number of fused-ring (bicyclic) bond motifs is 3. The molecule has 4 rings (SSSR count). The molecule has 1 atom stereocenters. The monoisotopic (exact) mass is 356 g/mol. The molecule has 0 amide bonds. The van der Waals surface area contributed by atoms with Crippen LogP contribution in [0, 0.1) is 5.92 Å². The summed E-state index contributed by atoms with van der Waals surface area (Å²) in [4.78, 5) is 13.2. The van der Waals surface area contributed by atoms with E-state index in [9.17, 15) is 5.11 Å². The molecule has 1 N–H and O–H groups in total. The Kier molecular flexibility index (Phi) is 4.56. The quantitative estimate of drug-likeness (QED) is 0.684. The van der Waals surface area contributed by atoms with E-state index in [0.717, 1.165) is 54.1 Å². The Morgan fingerprint density at radius 2 is 2.16 bits per heavy atom. The molecule has 1 fully saturated rings. The standard InChI is InChI=1S/C19H24N4OS/c1-12(24)19-22-16-11-21-15-8-10-25-18(15)17(16)23(19)14-5-3-13(4-6-14)7-9-20-2/h8,10-14,24H,2-7,9H2,1H3/t12-,13-,14-/m1/s1. The first-order valence-electron chi connectivity index (χ1n) is 9.03. The van der Waals surface area contributed by atoms with Gasteiger partial charge in [-0.3, -0.25) is 4.98 Å². The minimum Gasteiger partial charge on any atom is -0.385 e. The molecule has 132 valence electrons. The molecule has 3 aromatic heterocycles. The van der Waals surface area contributed by atoms with Gasteiger partial charge in [-0.05, 0) is 63.1 Å². The Labute approximate surface area is 151 Å². The largest absolute Gasteiger partial charge is 0.385 e. The summed E-state index contributed by atoms with van der Waals surface area (Å²) in [6.45, 7) is 6.26. The molecule has 25 heavy (non-hydrogen) atoms. The number of aliphatic hydroxyl groups is 1. The summed E-state index contributed by atoms with van der Waals surface area (Å²) < 4.78 is 3.48. The second kappa shape index (κ2) is 6.84. The lowest BCUT2D eigenvalue weighted by Crippen LogP contribution is -2.21. The van der Waals surface area contributed by atoms with E-state index in [1.54, 1.807) is 18.3 Å². The van der Waals surface area contributed by atoms with Crippen LogP contribution in [0.2, 0.25) is 0 Å². The summed E-state index contributed by atoms with van der Waals surface area (Å²) in [5.41, 5.74) is 3.05. The molecule has 6 heteroatoms. The zero-order valence-electron chi connectivity index (χ0n) is 14.6. The first-order valence-corrected chi connectivity index (χ1v) is 9.91. The van der Waals surface area contributed by atoms with Gasteiger partial charge in [-0.1, -0.05) is 0 Å². The SMILES string of the molecule is C=NCC[C@H]1CC[C@H](n2c([C@@H](C)O)nc3cnc4ccsc4c32)CC1. The van der Waals surface area contributed by atoms with E-state index in [0.29, 0.717) is 6.04 Å². The second-order valence-electron chi connectivity index (χ2n) is 7.05. The lowest BCUT2D eigenvalue weighted by Gasteiger charge is -2.31. The van der Waals surface area contributed by atoms with Crippen molar-refractivity contribution in [2.75, 3.05) is 6.54 Å². The summed E-state index contributed by atoms with van der Waals surface area (Å²) in [5.74, 6) is 1.52. The Morgan fingerprint density at radius 1 is 1.36 bits per heavy atom. The lowest BCUT2D eigenvalue weighted by molar-refractivity contribution is 0.174. The van der Waals surface area contributed by atoms with E-state index in [2.05, 4.69) is 32.7 Å². The number of aliphatic hydroxyl groups excluding tert-OH is 1. The number of aromatic nitrogens is 3. The maximum atomic E-state index is 10.3. The normalized spacial score (nSPS) is 22.5. The van der Waals surface area contributed by atoms with Crippen molar-refractivity contribution in [2.24, 2.45) is 10.9 Å². The van der Waals surface area contributed by atoms with Crippen molar-refractivity contribution in [1.82, 2.24) is 14.5 Å². The van der Waals surface area contributed by atoms with Crippen LogP contribution in [0.25, 0.3) is 21.3 Å². The van der Waals surface area contributed by atoms with Crippen molar-refractivity contribution < 1.29 is 5.11 Å². The van der Waals surface area contributed by atoms with Gasteiger partial charge in [0.25, 0.3) is 0 Å². The van der Waals surface area contributed by atoms with Gasteiger partial charge < -0.3 is 14.7 Å². The zero-order valence-corrected chi connectivity index (χ0v) is 15.4. The van der Waals surface area contributed by atoms with Crippen LogP contribution in [0.3, 0.4) is 0 Å². The fourth-order valence-corrected chi connectivity index (χ4v) is 5.01. The van der Waals surface area contributed by atoms with Crippen LogP contribution < -0.4 is 0 Å². The number of imidazole rings is 1. The van der Waals surface area contributed by atoms with Crippen LogP contribution in [0.4, 0.5) is 0 Å². The molecule has 5 nitrogen and oxygen atoms in total. The summed E-state index contributed by atoms with van der Waals surface area (Å²) in [5, 5.41) is 12.4. The molecular formula is C19H24N4OS. The molecule has 3 aromatic rings. The highest BCUT2D eigenvalue weighted by molar-refractivity contribution is 7.18. The van der Waals surface area contributed by atoms with Crippen LogP contribution in [-0.2, 0) is 0 Å². The number of nitrogens with zero attached hydrogens (tertiary/aromatic N) is 4. The van der Waals surface area contributed by atoms with Gasteiger partial charge in [0, 0.05) is 12.6 Å². The Balaban J connectivity index is 1.74. The lowest BCUT2D eigenvalue weighted by atomic mass is 9.84. The number of hydrogen-bond donors (Lipinski definition) is 1. The zero-order chi connectivity index (χ0) is 17.4. The van der Waals surface area contributed by atoms with Crippen LogP contribution in [0.5, 0.6) is 0 Å². The number of pyridine rings is 1. The first kappa shape index (κ1) is 16.7. The number of thiophene rings is 1. The van der Waals surface area contributed by atoms with Crippen molar-refractivity contribution in [3.8, 4) is 0 Å². The molecular weight excluding hydrogens is 332 g/mol. The van der Waals surface area contributed by atoms with Gasteiger partial charge in [0.15, 0.2) is 0 Å². The maximum Gasteiger partial charge on any atom is 0.138 e. The number of hydrogen-bond acceptors (Lipinski definition) is 5. The predicted molar refractivity (Wildman–Crippen MR) is 104 cm³/mol. The molecule has 0 saturated heterocycles. The fraction of sp³-hybridized carbons (Fsp3) is 0.526. The first-order chi connectivity index (χ1) is 12.2. The topological polar surface area (TPSA) is 63.3 Å². The van der Waals surface area contributed by atoms with Crippen molar-refractivity contribution in [1.29, 1.82) is 0 Å². The average molecular weight is 356 g/mol. The third kappa shape index (κ3) is 2.98. The molecule has 0 aliphatic heterocycles. The third-order valence-corrected chi connectivity index (χ3v) is 6.31. The minimum absolute atomic E-state index is 0.398. The van der Waals surface area contributed by atoms with Gasteiger partial charge in [0.1, 0.15) is 17.4 Å². The van der Waals surface area contributed by atoms with E-state index in [-0.39, 0.29) is 0 Å². The molecule has 1 saturated carbocycles. The third-order valence-electron chi connectivity index (χ3n) is 5.40. The molecule has 0 bridgehead atoms. The summed E-state index contributed by atoms with van der Waals surface area (Å²) >= 11 is 1.71. The van der Waals surface area contributed by atoms with Crippen molar-refractivity contribution >= 4 is 39.3 Å². The van der Waals surface area contributed by atoms with Crippen LogP contribution in [0.15, 0.2) is 22.6 Å². The second-order valence-corrected chi connectivity index (χ2v) is 7.97. The maximum absolute atomic E-state index is 10.3. The summed E-state index contributed by atoms with van der Waals surface area (Å²) in [6.07, 6.45) is 7.07. The molecule has 3 heterocycles. The number of aliphatic imine (C=N–C) groups is 1. The summed E-state index contributed by atoms with van der Waals surface area (Å²) in [7, 11) is 0. The van der Waals surface area contributed by atoms with Crippen LogP contribution in [-0.4, -0.2) is 32.9 Å². The smallest absolute Gasteiger partial charge is 0.138 e. The Bertz CT molecular complexity index is 889. The molecule has 1 aliphatic rings. The van der Waals surface area contributed by atoms with Gasteiger partial charge in [0.05, 0.1) is 21.9 Å². The van der Waals surface area contributed by atoms with Crippen molar-refractivity contribution in [2.45, 2.75) is 51.2 Å². The summed E-state index contributed by atoms with van der Waals surface area (Å²) in [6, 6.07) is 2.45. The van der Waals surface area contributed by atoms with Crippen LogP contribution in [0.1, 0.15) is 57.0 Å². The fourth-order valence-electron chi connectivity index (χ4n) is 4.13. The van der Waals surface area contributed by atoms with Gasteiger partial charge in [-0.25, -0.2) is 4.98 Å². The Morgan fingerprint density at radius 3 is 2.88 bits per heavy atom. The van der Waals surface area contributed by atoms with Gasteiger partial charge >= 0.3 is 0 Å². The highest BCUT2D eigenvalue weighted by Crippen LogP contribution is 2.39. The molecule has 0 radical (unpaired) electrons.